The number of halogens is 1. The van der Waals surface area contributed by atoms with Crippen LogP contribution in [0.1, 0.15) is 13.3 Å². The number of rotatable bonds is 7. The molecule has 1 atom stereocenters. The summed E-state index contributed by atoms with van der Waals surface area (Å²) in [5, 5.41) is 2.41. The average molecular weight is 462 g/mol. The molecule has 0 saturated heterocycles. The Morgan fingerprint density at radius 2 is 1.91 bits per heavy atom. The number of aromatic nitrogens is 2. The van der Waals surface area contributed by atoms with Gasteiger partial charge in [-0.15, -0.1) is 0 Å². The summed E-state index contributed by atoms with van der Waals surface area (Å²) in [5.74, 6) is -0.628. The third-order valence-corrected chi connectivity index (χ3v) is 7.70. The van der Waals surface area contributed by atoms with Crippen molar-refractivity contribution in [3.8, 4) is 16.9 Å². The summed E-state index contributed by atoms with van der Waals surface area (Å²) in [7, 11) is -0.885. The van der Waals surface area contributed by atoms with E-state index in [1.165, 1.54) is 38.0 Å². The van der Waals surface area contributed by atoms with Crippen LogP contribution in [-0.4, -0.2) is 49.0 Å². The van der Waals surface area contributed by atoms with E-state index in [9.17, 15) is 22.4 Å². The fourth-order valence-electron chi connectivity index (χ4n) is 3.40. The number of aryl methyl sites for hydroxylation is 1. The molecule has 0 aliphatic carbocycles. The van der Waals surface area contributed by atoms with Gasteiger partial charge in [-0.3, -0.25) is 14.2 Å². The largest absolute Gasteiger partial charge is 0.497 e. The predicted octanol–water partition coefficient (Wildman–Crippen LogP) is 2.15. The molecule has 0 fully saturated rings. The maximum Gasteiger partial charge on any atom is 0.261 e. The van der Waals surface area contributed by atoms with E-state index in [4.69, 9.17) is 4.74 Å². The minimum atomic E-state index is -3.77. The second-order valence-corrected chi connectivity index (χ2v) is 10.1. The number of methoxy groups -OCH3 is 1. The predicted molar refractivity (Wildman–Crippen MR) is 120 cm³/mol. The molecule has 0 radical (unpaired) electrons. The van der Waals surface area contributed by atoms with E-state index >= 15 is 0 Å². The van der Waals surface area contributed by atoms with Crippen LogP contribution in [0.15, 0.2) is 47.5 Å². The second-order valence-electron chi connectivity index (χ2n) is 7.65. The van der Waals surface area contributed by atoms with Gasteiger partial charge in [0.05, 0.1) is 24.3 Å². The van der Waals surface area contributed by atoms with Crippen molar-refractivity contribution in [2.75, 3.05) is 20.4 Å². The summed E-state index contributed by atoms with van der Waals surface area (Å²) in [5.41, 5.74) is 0.665. The topological polar surface area (TPSA) is 107 Å². The van der Waals surface area contributed by atoms with Crippen LogP contribution in [0, 0.1) is 5.82 Å². The molecule has 1 aromatic heterocycles. The van der Waals surface area contributed by atoms with Crippen LogP contribution in [0.5, 0.6) is 5.75 Å². The molecule has 8 nitrogen and oxygen atoms in total. The first-order valence-electron chi connectivity index (χ1n) is 9.76. The lowest BCUT2D eigenvalue weighted by molar-refractivity contribution is -0.123. The van der Waals surface area contributed by atoms with Crippen molar-refractivity contribution in [2.45, 2.75) is 24.6 Å². The van der Waals surface area contributed by atoms with Gasteiger partial charge in [-0.05, 0) is 43.2 Å². The quantitative estimate of drug-likeness (QED) is 0.578. The summed E-state index contributed by atoms with van der Waals surface area (Å²) in [6.45, 7) is 1.22. The van der Waals surface area contributed by atoms with Crippen molar-refractivity contribution in [2.24, 2.45) is 0 Å². The Morgan fingerprint density at radius 3 is 2.47 bits per heavy atom. The zero-order valence-electron chi connectivity index (χ0n) is 18.2. The molecule has 0 spiro atoms. The first-order chi connectivity index (χ1) is 15.0. The molecule has 3 aromatic rings. The van der Waals surface area contributed by atoms with Crippen LogP contribution < -0.4 is 15.6 Å². The van der Waals surface area contributed by atoms with Crippen molar-refractivity contribution >= 4 is 26.6 Å². The van der Waals surface area contributed by atoms with E-state index in [2.05, 4.69) is 10.3 Å². The minimum absolute atomic E-state index is 0.0586. The zero-order valence-corrected chi connectivity index (χ0v) is 19.0. The molecule has 0 aliphatic rings. The van der Waals surface area contributed by atoms with Crippen molar-refractivity contribution in [3.63, 3.8) is 0 Å². The van der Waals surface area contributed by atoms with Gasteiger partial charge in [0.1, 0.15) is 16.3 Å². The molecule has 170 valence electrons. The highest BCUT2D eigenvalue weighted by Gasteiger charge is 2.42. The third kappa shape index (κ3) is 4.22. The fraction of sp³-hybridized carbons (Fsp3) is 0.318. The highest BCUT2D eigenvalue weighted by atomic mass is 32.2. The van der Waals surface area contributed by atoms with Gasteiger partial charge in [-0.25, -0.2) is 17.8 Å². The number of fused-ring (bicyclic) bond motifs is 1. The number of amides is 1. The van der Waals surface area contributed by atoms with Crippen LogP contribution in [-0.2, 0) is 21.2 Å². The Labute approximate surface area is 185 Å². The van der Waals surface area contributed by atoms with Gasteiger partial charge in [0.2, 0.25) is 5.91 Å². The lowest BCUT2D eigenvalue weighted by atomic mass is 10.0. The van der Waals surface area contributed by atoms with Gasteiger partial charge in [0.15, 0.2) is 9.84 Å². The van der Waals surface area contributed by atoms with Gasteiger partial charge in [-0.1, -0.05) is 12.1 Å². The molecule has 3 rings (SSSR count). The van der Waals surface area contributed by atoms with E-state index in [0.29, 0.717) is 16.8 Å². The van der Waals surface area contributed by atoms with Crippen LogP contribution in [0.3, 0.4) is 0 Å². The number of benzene rings is 2. The summed E-state index contributed by atoms with van der Waals surface area (Å²) < 4.78 is 43.8. The lowest BCUT2D eigenvalue weighted by Gasteiger charge is -2.25. The van der Waals surface area contributed by atoms with Crippen LogP contribution in [0.4, 0.5) is 4.39 Å². The molecule has 32 heavy (non-hydrogen) atoms. The molecule has 1 heterocycles. The highest BCUT2D eigenvalue weighted by Crippen LogP contribution is 2.28. The minimum Gasteiger partial charge on any atom is -0.497 e. The molecule has 1 amide bonds. The second kappa shape index (κ2) is 8.70. The van der Waals surface area contributed by atoms with Crippen LogP contribution in [0.25, 0.3) is 22.0 Å². The van der Waals surface area contributed by atoms with Crippen molar-refractivity contribution in [1.29, 1.82) is 0 Å². The number of hydrogen-bond acceptors (Lipinski definition) is 6. The number of nitrogens with zero attached hydrogens (tertiary/aromatic N) is 2. The van der Waals surface area contributed by atoms with Crippen molar-refractivity contribution < 1.29 is 22.3 Å². The Balaban J connectivity index is 1.98. The first-order valence-corrected chi connectivity index (χ1v) is 11.7. The first kappa shape index (κ1) is 23.4. The average Bonchev–Trinajstić information content (AvgIpc) is 2.77. The number of carbonyl (C=O) groups is 1. The fourth-order valence-corrected chi connectivity index (χ4v) is 4.30. The van der Waals surface area contributed by atoms with Gasteiger partial charge < -0.3 is 10.1 Å². The molecule has 10 heteroatoms. The lowest BCUT2D eigenvalue weighted by Crippen LogP contribution is -2.49. The molecule has 0 unspecified atom stereocenters. The molecule has 0 aliphatic heterocycles. The molecular formula is C22H24FN3O5S. The smallest absolute Gasteiger partial charge is 0.261 e. The molecule has 2 aromatic carbocycles. The Bertz CT molecular complexity index is 1340. The monoisotopic (exact) mass is 461 g/mol. The van der Waals surface area contributed by atoms with Gasteiger partial charge in [0.25, 0.3) is 5.56 Å². The van der Waals surface area contributed by atoms with E-state index in [1.54, 1.807) is 24.3 Å². The van der Waals surface area contributed by atoms with Crippen LogP contribution >= 0.6 is 0 Å². The Hall–Kier alpha value is -3.27. The van der Waals surface area contributed by atoms with E-state index < -0.39 is 31.9 Å². The zero-order chi connectivity index (χ0) is 23.7. The molecule has 0 bridgehead atoms. The number of hydrogen-bond donors (Lipinski definition) is 1. The highest BCUT2D eigenvalue weighted by molar-refractivity contribution is 7.92. The van der Waals surface area contributed by atoms with E-state index in [0.717, 1.165) is 12.3 Å². The van der Waals surface area contributed by atoms with Gasteiger partial charge in [-0.2, -0.15) is 0 Å². The standard InChI is InChI=1S/C22H24FN3O5S/c1-22(21(28)24-2,32(4,29)30)9-10-26-13-25-19-12-16(18(23)11-17(19)20(26)27)14-5-7-15(31-3)8-6-14/h5-8,11-13H,9-10H2,1-4H3,(H,24,28)/t22-/m1/s1. The molecule has 1 N–H and O–H groups in total. The maximum atomic E-state index is 14.8. The van der Waals surface area contributed by atoms with Crippen molar-refractivity contribution in [3.05, 3.63) is 58.9 Å². The Morgan fingerprint density at radius 1 is 1.25 bits per heavy atom. The van der Waals surface area contributed by atoms with E-state index in [1.807, 2.05) is 0 Å². The summed E-state index contributed by atoms with van der Waals surface area (Å²) in [6, 6.07) is 9.42. The Kier molecular flexibility index (Phi) is 6.36. The SMILES string of the molecule is CNC(=O)[C@@](C)(CCn1cnc2cc(-c3ccc(OC)cc3)c(F)cc2c1=O)S(C)(=O)=O. The molecule has 0 saturated carbocycles. The summed E-state index contributed by atoms with van der Waals surface area (Å²) >= 11 is 0. The van der Waals surface area contributed by atoms with Crippen LogP contribution in [0.2, 0.25) is 0 Å². The van der Waals surface area contributed by atoms with Gasteiger partial charge in [0, 0.05) is 25.4 Å². The van der Waals surface area contributed by atoms with Crippen molar-refractivity contribution in [1.82, 2.24) is 14.9 Å². The van der Waals surface area contributed by atoms with E-state index in [-0.39, 0.29) is 23.9 Å². The number of carbonyl (C=O) groups excluding carboxylic acids is 1. The normalized spacial score (nSPS) is 13.5. The number of ether oxygens (including phenoxy) is 1. The maximum absolute atomic E-state index is 14.8. The number of nitrogens with one attached hydrogen (secondary N) is 1. The summed E-state index contributed by atoms with van der Waals surface area (Å²) in [4.78, 5) is 29.4. The third-order valence-electron chi connectivity index (χ3n) is 5.67. The summed E-state index contributed by atoms with van der Waals surface area (Å²) in [6.07, 6.45) is 2.09. The number of sulfone groups is 1. The van der Waals surface area contributed by atoms with Gasteiger partial charge >= 0.3 is 0 Å². The molecular weight excluding hydrogens is 437 g/mol.